The van der Waals surface area contributed by atoms with Crippen LogP contribution in [0.2, 0.25) is 0 Å². The number of carbonyl (C=O) groups excluding carboxylic acids is 1. The summed E-state index contributed by atoms with van der Waals surface area (Å²) in [5, 5.41) is 11.0. The number of halogens is 2. The molecule has 0 fully saturated rings. The van der Waals surface area contributed by atoms with Crippen LogP contribution in [-0.2, 0) is 4.79 Å². The third-order valence-electron chi connectivity index (χ3n) is 2.26. The van der Waals surface area contributed by atoms with Crippen LogP contribution in [0.3, 0.4) is 0 Å². The predicted molar refractivity (Wildman–Crippen MR) is 49.1 cm³/mol. The molecule has 0 spiro atoms. The summed E-state index contributed by atoms with van der Waals surface area (Å²) in [6.45, 7) is 4.87. The Kier molecular flexibility index (Phi) is 4.97. The van der Waals surface area contributed by atoms with Crippen LogP contribution in [0.4, 0.5) is 8.78 Å². The van der Waals surface area contributed by atoms with E-state index in [-0.39, 0.29) is 5.91 Å². The van der Waals surface area contributed by atoms with Crippen LogP contribution in [0.1, 0.15) is 27.2 Å². The molecule has 1 amide bonds. The molecule has 0 heterocycles. The van der Waals surface area contributed by atoms with Crippen LogP contribution in [0.5, 0.6) is 0 Å². The standard InChI is InChI=1S/C9H17F2NO2/c1-4-9(2,3)8(14)12-5-6(13)7(10)11/h6-7,13H,4-5H2,1-3H3,(H,12,14). The Bertz CT molecular complexity index is 195. The van der Waals surface area contributed by atoms with E-state index < -0.39 is 24.5 Å². The van der Waals surface area contributed by atoms with Gasteiger partial charge in [-0.25, -0.2) is 8.78 Å². The summed E-state index contributed by atoms with van der Waals surface area (Å²) in [4.78, 5) is 11.4. The van der Waals surface area contributed by atoms with Crippen molar-refractivity contribution in [2.45, 2.75) is 39.7 Å². The fraction of sp³-hybridized carbons (Fsp3) is 0.889. The van der Waals surface area contributed by atoms with Gasteiger partial charge in [0.25, 0.3) is 6.43 Å². The molecule has 0 aliphatic rings. The molecule has 1 atom stereocenters. The van der Waals surface area contributed by atoms with Gasteiger partial charge in [-0.05, 0) is 6.42 Å². The molecule has 0 saturated carbocycles. The molecule has 1 unspecified atom stereocenters. The lowest BCUT2D eigenvalue weighted by Crippen LogP contribution is -2.42. The van der Waals surface area contributed by atoms with Gasteiger partial charge in [-0.15, -0.1) is 0 Å². The minimum Gasteiger partial charge on any atom is -0.385 e. The zero-order valence-corrected chi connectivity index (χ0v) is 8.68. The fourth-order valence-corrected chi connectivity index (χ4v) is 0.686. The Morgan fingerprint density at radius 1 is 1.50 bits per heavy atom. The maximum absolute atomic E-state index is 11.9. The first kappa shape index (κ1) is 13.3. The highest BCUT2D eigenvalue weighted by molar-refractivity contribution is 5.81. The first-order chi connectivity index (χ1) is 6.31. The molecular weight excluding hydrogens is 192 g/mol. The topological polar surface area (TPSA) is 49.3 Å². The Balaban J connectivity index is 3.97. The second-order valence-corrected chi connectivity index (χ2v) is 3.85. The molecule has 84 valence electrons. The Hall–Kier alpha value is -0.710. The monoisotopic (exact) mass is 209 g/mol. The van der Waals surface area contributed by atoms with Gasteiger partial charge in [-0.1, -0.05) is 20.8 Å². The van der Waals surface area contributed by atoms with E-state index in [0.717, 1.165) is 0 Å². The zero-order valence-electron chi connectivity index (χ0n) is 8.68. The van der Waals surface area contributed by atoms with E-state index in [1.54, 1.807) is 13.8 Å². The summed E-state index contributed by atoms with van der Waals surface area (Å²) in [5.41, 5.74) is -0.582. The summed E-state index contributed by atoms with van der Waals surface area (Å²) in [6, 6.07) is 0. The second kappa shape index (κ2) is 5.24. The van der Waals surface area contributed by atoms with Crippen molar-refractivity contribution in [3.05, 3.63) is 0 Å². The van der Waals surface area contributed by atoms with Crippen molar-refractivity contribution in [3.63, 3.8) is 0 Å². The molecule has 0 rings (SSSR count). The lowest BCUT2D eigenvalue weighted by atomic mass is 9.89. The van der Waals surface area contributed by atoms with E-state index in [1.165, 1.54) is 0 Å². The molecular formula is C9H17F2NO2. The Morgan fingerprint density at radius 2 is 2.00 bits per heavy atom. The summed E-state index contributed by atoms with van der Waals surface area (Å²) < 4.78 is 23.7. The maximum atomic E-state index is 11.9. The average Bonchev–Trinajstić information content (AvgIpc) is 2.13. The normalized spacial score (nSPS) is 14.2. The summed E-state index contributed by atoms with van der Waals surface area (Å²) in [7, 11) is 0. The van der Waals surface area contributed by atoms with Crippen molar-refractivity contribution in [1.82, 2.24) is 5.32 Å². The van der Waals surface area contributed by atoms with Crippen LogP contribution < -0.4 is 5.32 Å². The molecule has 0 aromatic carbocycles. The van der Waals surface area contributed by atoms with Gasteiger partial charge < -0.3 is 10.4 Å². The number of alkyl halides is 2. The molecule has 2 N–H and O–H groups in total. The van der Waals surface area contributed by atoms with Gasteiger partial charge in [-0.2, -0.15) is 0 Å². The van der Waals surface area contributed by atoms with Gasteiger partial charge in [0.1, 0.15) is 6.10 Å². The van der Waals surface area contributed by atoms with Crippen molar-refractivity contribution >= 4 is 5.91 Å². The van der Waals surface area contributed by atoms with E-state index in [2.05, 4.69) is 5.32 Å². The highest BCUT2D eigenvalue weighted by atomic mass is 19.3. The number of aliphatic hydroxyl groups excluding tert-OH is 1. The lowest BCUT2D eigenvalue weighted by Gasteiger charge is -2.22. The van der Waals surface area contributed by atoms with Gasteiger partial charge in [0.15, 0.2) is 0 Å². The van der Waals surface area contributed by atoms with Crippen LogP contribution in [0.25, 0.3) is 0 Å². The summed E-state index contributed by atoms with van der Waals surface area (Å²) >= 11 is 0. The minimum atomic E-state index is -2.82. The SMILES string of the molecule is CCC(C)(C)C(=O)NCC(O)C(F)F. The van der Waals surface area contributed by atoms with E-state index in [0.29, 0.717) is 6.42 Å². The zero-order chi connectivity index (χ0) is 11.4. The highest BCUT2D eigenvalue weighted by Crippen LogP contribution is 2.19. The molecule has 0 saturated heterocycles. The van der Waals surface area contributed by atoms with Crippen molar-refractivity contribution in [2.75, 3.05) is 6.54 Å². The minimum absolute atomic E-state index is 0.320. The maximum Gasteiger partial charge on any atom is 0.265 e. The molecule has 3 nitrogen and oxygen atoms in total. The Morgan fingerprint density at radius 3 is 2.36 bits per heavy atom. The van der Waals surface area contributed by atoms with Crippen molar-refractivity contribution in [1.29, 1.82) is 0 Å². The molecule has 0 bridgehead atoms. The number of hydrogen-bond acceptors (Lipinski definition) is 2. The number of carbonyl (C=O) groups is 1. The molecule has 0 aliphatic carbocycles. The van der Waals surface area contributed by atoms with E-state index in [9.17, 15) is 13.6 Å². The number of aliphatic hydroxyl groups is 1. The van der Waals surface area contributed by atoms with E-state index >= 15 is 0 Å². The van der Waals surface area contributed by atoms with Gasteiger partial charge in [-0.3, -0.25) is 4.79 Å². The largest absolute Gasteiger partial charge is 0.385 e. The first-order valence-electron chi connectivity index (χ1n) is 4.55. The van der Waals surface area contributed by atoms with Crippen LogP contribution >= 0.6 is 0 Å². The van der Waals surface area contributed by atoms with Crippen molar-refractivity contribution < 1.29 is 18.7 Å². The number of hydrogen-bond donors (Lipinski definition) is 2. The van der Waals surface area contributed by atoms with Gasteiger partial charge in [0.05, 0.1) is 0 Å². The fourth-order valence-electron chi connectivity index (χ4n) is 0.686. The molecule has 14 heavy (non-hydrogen) atoms. The Labute approximate surface area is 82.5 Å². The van der Waals surface area contributed by atoms with E-state index in [1.807, 2.05) is 6.92 Å². The van der Waals surface area contributed by atoms with Crippen LogP contribution in [0, 0.1) is 5.41 Å². The quantitative estimate of drug-likeness (QED) is 0.714. The number of amides is 1. The third kappa shape index (κ3) is 4.00. The third-order valence-corrected chi connectivity index (χ3v) is 2.26. The summed E-state index contributed by atoms with van der Waals surface area (Å²) in [5.74, 6) is -0.320. The van der Waals surface area contributed by atoms with Crippen LogP contribution in [0.15, 0.2) is 0 Å². The summed E-state index contributed by atoms with van der Waals surface area (Å²) in [6.07, 6.45) is -3.99. The van der Waals surface area contributed by atoms with Crippen molar-refractivity contribution in [3.8, 4) is 0 Å². The van der Waals surface area contributed by atoms with Gasteiger partial charge >= 0.3 is 0 Å². The number of nitrogens with one attached hydrogen (secondary N) is 1. The lowest BCUT2D eigenvalue weighted by molar-refractivity contribution is -0.130. The smallest absolute Gasteiger partial charge is 0.265 e. The molecule has 0 aromatic heterocycles. The van der Waals surface area contributed by atoms with Gasteiger partial charge in [0, 0.05) is 12.0 Å². The van der Waals surface area contributed by atoms with Crippen molar-refractivity contribution in [2.24, 2.45) is 5.41 Å². The first-order valence-corrected chi connectivity index (χ1v) is 4.55. The molecule has 0 radical (unpaired) electrons. The number of rotatable bonds is 5. The van der Waals surface area contributed by atoms with E-state index in [4.69, 9.17) is 5.11 Å². The molecule has 0 aliphatic heterocycles. The molecule has 0 aromatic rings. The second-order valence-electron chi connectivity index (χ2n) is 3.85. The average molecular weight is 209 g/mol. The van der Waals surface area contributed by atoms with Crippen LogP contribution in [-0.4, -0.2) is 30.1 Å². The predicted octanol–water partition coefficient (Wildman–Crippen LogP) is 1.16. The molecule has 5 heteroatoms. The van der Waals surface area contributed by atoms with Gasteiger partial charge in [0.2, 0.25) is 5.91 Å². The highest BCUT2D eigenvalue weighted by Gasteiger charge is 2.26.